The molecule has 0 bridgehead atoms. The summed E-state index contributed by atoms with van der Waals surface area (Å²) >= 11 is 0. The lowest BCUT2D eigenvalue weighted by molar-refractivity contribution is -0.133. The van der Waals surface area contributed by atoms with Gasteiger partial charge in [-0.15, -0.1) is 0 Å². The van der Waals surface area contributed by atoms with Gasteiger partial charge in [0.2, 0.25) is 5.91 Å². The van der Waals surface area contributed by atoms with Crippen molar-refractivity contribution in [2.24, 2.45) is 5.92 Å². The predicted molar refractivity (Wildman–Crippen MR) is 88.6 cm³/mol. The molecule has 0 radical (unpaired) electrons. The third kappa shape index (κ3) is 4.61. The highest BCUT2D eigenvalue weighted by Crippen LogP contribution is 2.24. The Morgan fingerprint density at radius 3 is 2.80 bits per heavy atom. The fourth-order valence-corrected chi connectivity index (χ4v) is 3.36. The Bertz CT molecular complexity index is 685. The van der Waals surface area contributed by atoms with Gasteiger partial charge in [-0.3, -0.25) is 9.48 Å². The standard InChI is InChI=1S/C18H22F2N4O/c19-16-4-1-5-17(20)15(16)7-6-14-3-2-9-23(11-14)18(25)8-10-24-13-21-12-22-24/h1,4-5,12-14H,2-3,6-11H2. The summed E-state index contributed by atoms with van der Waals surface area (Å²) in [5.74, 6) is -0.603. The zero-order valence-corrected chi connectivity index (χ0v) is 14.1. The van der Waals surface area contributed by atoms with Gasteiger partial charge in [-0.25, -0.2) is 13.8 Å². The first-order valence-corrected chi connectivity index (χ1v) is 8.66. The van der Waals surface area contributed by atoms with Gasteiger partial charge < -0.3 is 4.90 Å². The third-order valence-electron chi connectivity index (χ3n) is 4.76. The average Bonchev–Trinajstić information content (AvgIpc) is 3.13. The number of aryl methyl sites for hydroxylation is 1. The van der Waals surface area contributed by atoms with Crippen molar-refractivity contribution < 1.29 is 13.6 Å². The van der Waals surface area contributed by atoms with Crippen molar-refractivity contribution in [3.8, 4) is 0 Å². The fraction of sp³-hybridized carbons (Fsp3) is 0.500. The van der Waals surface area contributed by atoms with Crippen LogP contribution in [-0.2, 0) is 17.8 Å². The lowest BCUT2D eigenvalue weighted by Gasteiger charge is -2.33. The molecule has 3 rings (SSSR count). The Hall–Kier alpha value is -2.31. The molecule has 134 valence electrons. The van der Waals surface area contributed by atoms with Crippen LogP contribution in [0.25, 0.3) is 0 Å². The molecule has 2 aromatic rings. The van der Waals surface area contributed by atoms with Gasteiger partial charge in [-0.2, -0.15) is 5.10 Å². The first-order valence-electron chi connectivity index (χ1n) is 8.66. The maximum atomic E-state index is 13.7. The summed E-state index contributed by atoms with van der Waals surface area (Å²) in [5.41, 5.74) is 0.150. The van der Waals surface area contributed by atoms with Gasteiger partial charge in [0.1, 0.15) is 24.3 Å². The Kier molecular flexibility index (Phi) is 5.73. The monoisotopic (exact) mass is 348 g/mol. The molecule has 1 fully saturated rings. The van der Waals surface area contributed by atoms with Crippen LogP contribution in [0.1, 0.15) is 31.2 Å². The first kappa shape index (κ1) is 17.5. The van der Waals surface area contributed by atoms with Crippen molar-refractivity contribution in [3.05, 3.63) is 48.1 Å². The topological polar surface area (TPSA) is 51.0 Å². The van der Waals surface area contributed by atoms with Crippen LogP contribution in [0, 0.1) is 17.6 Å². The zero-order chi connectivity index (χ0) is 17.6. The average molecular weight is 348 g/mol. The summed E-state index contributed by atoms with van der Waals surface area (Å²) in [7, 11) is 0. The van der Waals surface area contributed by atoms with E-state index in [0.29, 0.717) is 32.4 Å². The van der Waals surface area contributed by atoms with E-state index in [1.807, 2.05) is 4.90 Å². The van der Waals surface area contributed by atoms with Crippen LogP contribution in [0.3, 0.4) is 0 Å². The highest BCUT2D eigenvalue weighted by molar-refractivity contribution is 5.76. The maximum Gasteiger partial charge on any atom is 0.224 e. The Balaban J connectivity index is 1.50. The highest BCUT2D eigenvalue weighted by Gasteiger charge is 2.24. The fourth-order valence-electron chi connectivity index (χ4n) is 3.36. The Morgan fingerprint density at radius 2 is 2.08 bits per heavy atom. The van der Waals surface area contributed by atoms with Gasteiger partial charge in [0, 0.05) is 25.1 Å². The van der Waals surface area contributed by atoms with Crippen molar-refractivity contribution in [3.63, 3.8) is 0 Å². The van der Waals surface area contributed by atoms with Crippen LogP contribution in [0.15, 0.2) is 30.9 Å². The second kappa shape index (κ2) is 8.18. The van der Waals surface area contributed by atoms with Crippen LogP contribution in [0.4, 0.5) is 8.78 Å². The van der Waals surface area contributed by atoms with E-state index in [9.17, 15) is 13.6 Å². The summed E-state index contributed by atoms with van der Waals surface area (Å²) < 4.78 is 29.1. The molecule has 25 heavy (non-hydrogen) atoms. The molecule has 1 atom stereocenters. The minimum absolute atomic E-state index is 0.0947. The number of amides is 1. The van der Waals surface area contributed by atoms with E-state index < -0.39 is 11.6 Å². The quantitative estimate of drug-likeness (QED) is 0.807. The van der Waals surface area contributed by atoms with Crippen molar-refractivity contribution in [2.45, 2.75) is 38.6 Å². The lowest BCUT2D eigenvalue weighted by atomic mass is 9.91. The van der Waals surface area contributed by atoms with Crippen molar-refractivity contribution in [1.29, 1.82) is 0 Å². The van der Waals surface area contributed by atoms with E-state index in [4.69, 9.17) is 0 Å². The number of likely N-dealkylation sites (tertiary alicyclic amines) is 1. The molecule has 1 aromatic heterocycles. The number of rotatable bonds is 6. The minimum Gasteiger partial charge on any atom is -0.342 e. The number of halogens is 2. The van der Waals surface area contributed by atoms with E-state index in [2.05, 4.69) is 10.1 Å². The summed E-state index contributed by atoms with van der Waals surface area (Å²) in [5, 5.41) is 3.99. The van der Waals surface area contributed by atoms with Crippen LogP contribution >= 0.6 is 0 Å². The molecule has 7 heteroatoms. The molecule has 1 aliphatic rings. The normalized spacial score (nSPS) is 17.7. The molecular weight excluding hydrogens is 326 g/mol. The highest BCUT2D eigenvalue weighted by atomic mass is 19.1. The van der Waals surface area contributed by atoms with E-state index in [1.54, 1.807) is 11.0 Å². The molecule has 1 amide bonds. The zero-order valence-electron chi connectivity index (χ0n) is 14.1. The molecule has 1 aliphatic heterocycles. The summed E-state index contributed by atoms with van der Waals surface area (Å²) in [6, 6.07) is 3.96. The van der Waals surface area contributed by atoms with Crippen molar-refractivity contribution in [1.82, 2.24) is 19.7 Å². The summed E-state index contributed by atoms with van der Waals surface area (Å²) in [4.78, 5) is 18.1. The molecule has 0 spiro atoms. The summed E-state index contributed by atoms with van der Waals surface area (Å²) in [6.07, 6.45) is 6.40. The van der Waals surface area contributed by atoms with E-state index >= 15 is 0 Å². The number of carbonyl (C=O) groups is 1. The number of hydrogen-bond acceptors (Lipinski definition) is 3. The minimum atomic E-state index is -0.489. The molecule has 1 saturated heterocycles. The number of nitrogens with zero attached hydrogens (tertiary/aromatic N) is 4. The van der Waals surface area contributed by atoms with Crippen LogP contribution in [0.5, 0.6) is 0 Å². The van der Waals surface area contributed by atoms with Crippen LogP contribution < -0.4 is 0 Å². The van der Waals surface area contributed by atoms with Gasteiger partial charge in [0.05, 0.1) is 6.54 Å². The predicted octanol–water partition coefficient (Wildman–Crippen LogP) is 2.82. The Labute approximate surface area is 145 Å². The largest absolute Gasteiger partial charge is 0.342 e. The Morgan fingerprint density at radius 1 is 1.28 bits per heavy atom. The van der Waals surface area contributed by atoms with Gasteiger partial charge >= 0.3 is 0 Å². The van der Waals surface area contributed by atoms with Gasteiger partial charge in [-0.05, 0) is 43.7 Å². The number of hydrogen-bond donors (Lipinski definition) is 0. The molecule has 5 nitrogen and oxygen atoms in total. The van der Waals surface area contributed by atoms with E-state index in [-0.39, 0.29) is 17.4 Å². The molecule has 0 saturated carbocycles. The van der Waals surface area contributed by atoms with Gasteiger partial charge in [0.25, 0.3) is 0 Å². The third-order valence-corrected chi connectivity index (χ3v) is 4.76. The molecule has 1 aromatic carbocycles. The van der Waals surface area contributed by atoms with Gasteiger partial charge in [0.15, 0.2) is 0 Å². The van der Waals surface area contributed by atoms with E-state index in [0.717, 1.165) is 19.4 Å². The second-order valence-corrected chi connectivity index (χ2v) is 6.50. The lowest BCUT2D eigenvalue weighted by Crippen LogP contribution is -2.40. The van der Waals surface area contributed by atoms with E-state index in [1.165, 1.54) is 24.5 Å². The second-order valence-electron chi connectivity index (χ2n) is 6.50. The SMILES string of the molecule is O=C(CCn1cncn1)N1CCCC(CCc2c(F)cccc2F)C1. The maximum absolute atomic E-state index is 13.7. The van der Waals surface area contributed by atoms with Crippen LogP contribution in [-0.4, -0.2) is 38.7 Å². The molecule has 0 N–H and O–H groups in total. The summed E-state index contributed by atoms with van der Waals surface area (Å²) in [6.45, 7) is 1.92. The number of piperidine rings is 1. The van der Waals surface area contributed by atoms with Crippen molar-refractivity contribution in [2.75, 3.05) is 13.1 Å². The van der Waals surface area contributed by atoms with Crippen molar-refractivity contribution >= 4 is 5.91 Å². The first-order chi connectivity index (χ1) is 12.1. The van der Waals surface area contributed by atoms with Crippen LogP contribution in [0.2, 0.25) is 0 Å². The number of benzene rings is 1. The molecule has 0 aliphatic carbocycles. The number of aromatic nitrogens is 3. The van der Waals surface area contributed by atoms with Gasteiger partial charge in [-0.1, -0.05) is 6.07 Å². The number of carbonyl (C=O) groups excluding carboxylic acids is 1. The molecule has 1 unspecified atom stereocenters. The smallest absolute Gasteiger partial charge is 0.224 e. The molecule has 2 heterocycles. The molecular formula is C18H22F2N4O.